The zero-order valence-electron chi connectivity index (χ0n) is 35.3. The molecule has 11 aromatic carbocycles. The Morgan fingerprint density at radius 1 is 0.234 bits per heavy atom. The molecule has 0 heterocycles. The van der Waals surface area contributed by atoms with Crippen LogP contribution in [0.5, 0.6) is 0 Å². The van der Waals surface area contributed by atoms with Gasteiger partial charge in [0.2, 0.25) is 0 Å². The van der Waals surface area contributed by atoms with Crippen molar-refractivity contribution in [3.8, 4) is 44.5 Å². The fraction of sp³-hybridized carbons (Fsp3) is 0.0159. The van der Waals surface area contributed by atoms with Gasteiger partial charge in [0, 0.05) is 17.1 Å². The Kier molecular flexibility index (Phi) is 9.13. The maximum Gasteiger partial charge on any atom is 0.0713 e. The minimum Gasteiger partial charge on any atom is -0.311 e. The average molecular weight is 814 g/mol. The van der Waals surface area contributed by atoms with Crippen molar-refractivity contribution in [2.75, 3.05) is 4.90 Å². The van der Waals surface area contributed by atoms with Crippen molar-refractivity contribution in [2.45, 2.75) is 5.41 Å². The fourth-order valence-electron chi connectivity index (χ4n) is 10.6. The number of fused-ring (bicyclic) bond motifs is 5. The monoisotopic (exact) mass is 813 g/mol. The van der Waals surface area contributed by atoms with E-state index >= 15 is 0 Å². The van der Waals surface area contributed by atoms with Crippen molar-refractivity contribution < 1.29 is 0 Å². The van der Waals surface area contributed by atoms with E-state index in [1.54, 1.807) is 0 Å². The van der Waals surface area contributed by atoms with Gasteiger partial charge >= 0.3 is 0 Å². The zero-order valence-corrected chi connectivity index (χ0v) is 35.3. The molecule has 0 atom stereocenters. The summed E-state index contributed by atoms with van der Waals surface area (Å²) in [5, 5.41) is 5.03. The molecule has 0 saturated carbocycles. The van der Waals surface area contributed by atoms with Gasteiger partial charge in [-0.05, 0) is 125 Å². The third-order valence-corrected chi connectivity index (χ3v) is 13.4. The lowest BCUT2D eigenvalue weighted by Gasteiger charge is -2.34. The standard InChI is InChI=1S/C63H43N/c1-4-18-46(19-5-1)61-55-26-10-12-28-57(55)62(58-29-13-11-27-56(58)61)47-36-42-52(43-37-47)64(50-22-8-3-9-23-50)51-40-34-45(35-41-51)44-32-38-49(39-33-44)63(48-20-6-2-7-21-48)59-30-16-14-24-53(59)54-25-15-17-31-60(54)63/h1-43H. The first-order valence-corrected chi connectivity index (χ1v) is 22.2. The highest BCUT2D eigenvalue weighted by molar-refractivity contribution is 6.21. The van der Waals surface area contributed by atoms with Gasteiger partial charge in [0.15, 0.2) is 0 Å². The first-order chi connectivity index (χ1) is 31.8. The number of nitrogens with zero attached hydrogens (tertiary/aromatic N) is 1. The van der Waals surface area contributed by atoms with E-state index in [0.29, 0.717) is 0 Å². The molecule has 0 amide bonds. The molecule has 0 saturated heterocycles. The van der Waals surface area contributed by atoms with Crippen molar-refractivity contribution in [3.05, 3.63) is 283 Å². The minimum atomic E-state index is -0.408. The second-order valence-electron chi connectivity index (χ2n) is 16.8. The van der Waals surface area contributed by atoms with E-state index in [1.165, 1.54) is 88.3 Å². The molecule has 0 bridgehead atoms. The maximum absolute atomic E-state index is 2.35. The summed E-state index contributed by atoms with van der Waals surface area (Å²) in [6.45, 7) is 0. The molecule has 0 aliphatic heterocycles. The number of rotatable bonds is 8. The van der Waals surface area contributed by atoms with Crippen LogP contribution in [0.2, 0.25) is 0 Å². The van der Waals surface area contributed by atoms with Gasteiger partial charge in [-0.3, -0.25) is 0 Å². The highest BCUT2D eigenvalue weighted by Gasteiger charge is 2.45. The number of para-hydroxylation sites is 1. The molecule has 1 heteroatoms. The van der Waals surface area contributed by atoms with E-state index in [2.05, 4.69) is 266 Å². The Morgan fingerprint density at radius 2 is 0.562 bits per heavy atom. The van der Waals surface area contributed by atoms with Crippen LogP contribution >= 0.6 is 0 Å². The molecule has 64 heavy (non-hydrogen) atoms. The molecule has 0 spiro atoms. The number of anilines is 3. The van der Waals surface area contributed by atoms with Gasteiger partial charge in [0.25, 0.3) is 0 Å². The van der Waals surface area contributed by atoms with Crippen molar-refractivity contribution in [3.63, 3.8) is 0 Å². The highest BCUT2D eigenvalue weighted by Crippen LogP contribution is 2.56. The summed E-state index contributed by atoms with van der Waals surface area (Å²) < 4.78 is 0. The minimum absolute atomic E-state index is 0.408. The summed E-state index contributed by atoms with van der Waals surface area (Å²) in [7, 11) is 0. The summed E-state index contributed by atoms with van der Waals surface area (Å²) in [6.07, 6.45) is 0. The summed E-state index contributed by atoms with van der Waals surface area (Å²) in [4.78, 5) is 2.35. The smallest absolute Gasteiger partial charge is 0.0713 e. The van der Waals surface area contributed by atoms with Gasteiger partial charge in [0.05, 0.1) is 5.41 Å². The van der Waals surface area contributed by atoms with Crippen LogP contribution in [0.3, 0.4) is 0 Å². The van der Waals surface area contributed by atoms with Crippen LogP contribution in [-0.2, 0) is 5.41 Å². The highest BCUT2D eigenvalue weighted by atomic mass is 15.1. The topological polar surface area (TPSA) is 3.24 Å². The molecule has 12 rings (SSSR count). The zero-order chi connectivity index (χ0) is 42.5. The maximum atomic E-state index is 2.35. The van der Waals surface area contributed by atoms with Crippen LogP contribution < -0.4 is 4.90 Å². The lowest BCUT2D eigenvalue weighted by molar-refractivity contribution is 0.768. The summed E-state index contributed by atoms with van der Waals surface area (Å²) in [6, 6.07) is 95.5. The molecule has 0 aromatic heterocycles. The van der Waals surface area contributed by atoms with Crippen LogP contribution in [0.1, 0.15) is 22.3 Å². The van der Waals surface area contributed by atoms with Crippen LogP contribution in [-0.4, -0.2) is 0 Å². The fourth-order valence-corrected chi connectivity index (χ4v) is 10.6. The largest absolute Gasteiger partial charge is 0.311 e. The van der Waals surface area contributed by atoms with E-state index in [-0.39, 0.29) is 0 Å². The van der Waals surface area contributed by atoms with Gasteiger partial charge in [-0.1, -0.05) is 224 Å². The van der Waals surface area contributed by atoms with Crippen molar-refractivity contribution in [1.82, 2.24) is 0 Å². The van der Waals surface area contributed by atoms with Crippen LogP contribution in [0, 0.1) is 0 Å². The lowest BCUT2D eigenvalue weighted by Crippen LogP contribution is -2.28. The van der Waals surface area contributed by atoms with E-state index in [1.807, 2.05) is 0 Å². The quantitative estimate of drug-likeness (QED) is 0.138. The Balaban J connectivity index is 0.911. The molecule has 1 aliphatic carbocycles. The van der Waals surface area contributed by atoms with Crippen molar-refractivity contribution >= 4 is 38.6 Å². The first kappa shape index (κ1) is 37.5. The second kappa shape index (κ2) is 15.6. The molecular formula is C63H43N. The van der Waals surface area contributed by atoms with E-state index in [9.17, 15) is 0 Å². The van der Waals surface area contributed by atoms with Gasteiger partial charge in [0.1, 0.15) is 0 Å². The SMILES string of the molecule is c1ccc(-c2c3ccccc3c(-c3ccc(N(c4ccccc4)c4ccc(-c5ccc(C6(c7ccccc7)c7ccccc7-c7ccccc76)cc5)cc4)cc3)c3ccccc23)cc1. The first-order valence-electron chi connectivity index (χ1n) is 22.2. The molecule has 1 aliphatic rings. The molecule has 0 radical (unpaired) electrons. The molecule has 0 unspecified atom stereocenters. The lowest BCUT2D eigenvalue weighted by atomic mass is 9.67. The molecule has 0 N–H and O–H groups in total. The summed E-state index contributed by atoms with van der Waals surface area (Å²) in [5.74, 6) is 0. The van der Waals surface area contributed by atoms with Crippen LogP contribution in [0.4, 0.5) is 17.1 Å². The number of hydrogen-bond donors (Lipinski definition) is 0. The van der Waals surface area contributed by atoms with E-state index in [0.717, 1.165) is 17.1 Å². The predicted octanol–water partition coefficient (Wildman–Crippen LogP) is 16.8. The third kappa shape index (κ3) is 6.01. The Hall–Kier alpha value is -8.26. The molecule has 0 fully saturated rings. The van der Waals surface area contributed by atoms with Gasteiger partial charge < -0.3 is 4.90 Å². The molecule has 1 nitrogen and oxygen atoms in total. The molecular weight excluding hydrogens is 771 g/mol. The molecule has 300 valence electrons. The Labute approximate surface area is 374 Å². The average Bonchev–Trinajstić information content (AvgIpc) is 3.68. The summed E-state index contributed by atoms with van der Waals surface area (Å²) >= 11 is 0. The Morgan fingerprint density at radius 3 is 1.05 bits per heavy atom. The van der Waals surface area contributed by atoms with E-state index in [4.69, 9.17) is 0 Å². The number of benzene rings is 11. The normalized spacial score (nSPS) is 12.5. The summed E-state index contributed by atoms with van der Waals surface area (Å²) in [5.41, 5.74) is 18.1. The van der Waals surface area contributed by atoms with Gasteiger partial charge in [-0.2, -0.15) is 0 Å². The van der Waals surface area contributed by atoms with Crippen molar-refractivity contribution in [1.29, 1.82) is 0 Å². The van der Waals surface area contributed by atoms with E-state index < -0.39 is 5.41 Å². The van der Waals surface area contributed by atoms with Crippen LogP contribution in [0.15, 0.2) is 261 Å². The predicted molar refractivity (Wildman–Crippen MR) is 270 cm³/mol. The van der Waals surface area contributed by atoms with Gasteiger partial charge in [-0.15, -0.1) is 0 Å². The van der Waals surface area contributed by atoms with Crippen LogP contribution in [0.25, 0.3) is 66.1 Å². The third-order valence-electron chi connectivity index (χ3n) is 13.4. The van der Waals surface area contributed by atoms with Crippen molar-refractivity contribution in [2.24, 2.45) is 0 Å². The second-order valence-corrected chi connectivity index (χ2v) is 16.8. The molecule has 11 aromatic rings. The number of hydrogen-bond acceptors (Lipinski definition) is 1. The Bertz CT molecular complexity index is 3340. The van der Waals surface area contributed by atoms with Gasteiger partial charge in [-0.25, -0.2) is 0 Å².